The number of halogens is 3. The molecule has 2 aliphatic rings. The molecular formula is C26H27F3O4. The van der Waals surface area contributed by atoms with Crippen LogP contribution >= 0.6 is 0 Å². The Labute approximate surface area is 191 Å². The molecule has 0 radical (unpaired) electrons. The molecule has 4 rings (SSSR count). The Kier molecular flexibility index (Phi) is 6.88. The third kappa shape index (κ3) is 5.29. The summed E-state index contributed by atoms with van der Waals surface area (Å²) < 4.78 is 50.3. The van der Waals surface area contributed by atoms with Gasteiger partial charge in [0.05, 0.1) is 12.7 Å². The van der Waals surface area contributed by atoms with Crippen LogP contribution in [0.15, 0.2) is 42.5 Å². The number of rotatable bonds is 5. The van der Waals surface area contributed by atoms with Crippen LogP contribution in [0.2, 0.25) is 0 Å². The van der Waals surface area contributed by atoms with Gasteiger partial charge < -0.3 is 9.47 Å². The maximum atomic E-state index is 13.2. The van der Waals surface area contributed by atoms with Gasteiger partial charge in [-0.25, -0.2) is 0 Å². The Bertz CT molecular complexity index is 1010. The number of methoxy groups -OCH3 is 1. The van der Waals surface area contributed by atoms with E-state index in [-0.39, 0.29) is 17.5 Å². The molecule has 2 aromatic carbocycles. The van der Waals surface area contributed by atoms with Gasteiger partial charge in [0.1, 0.15) is 23.2 Å². The summed E-state index contributed by atoms with van der Waals surface area (Å²) >= 11 is 0. The second-order valence-corrected chi connectivity index (χ2v) is 8.97. The van der Waals surface area contributed by atoms with Gasteiger partial charge in [-0.05, 0) is 66.5 Å². The average molecular weight is 460 g/mol. The summed E-state index contributed by atoms with van der Waals surface area (Å²) in [7, 11) is 1.45. The summed E-state index contributed by atoms with van der Waals surface area (Å²) in [4.78, 5) is 26.2. The van der Waals surface area contributed by atoms with E-state index in [4.69, 9.17) is 9.47 Å². The maximum Gasteiger partial charge on any atom is 0.416 e. The summed E-state index contributed by atoms with van der Waals surface area (Å²) in [5.41, 5.74) is 0.536. The molecule has 33 heavy (non-hydrogen) atoms. The Morgan fingerprint density at radius 1 is 0.939 bits per heavy atom. The number of Topliss-reactive ketones (excluding diaryl/α,β-unsaturated/α-hetero) is 2. The number of ketones is 2. The van der Waals surface area contributed by atoms with Crippen LogP contribution in [-0.4, -0.2) is 31.9 Å². The van der Waals surface area contributed by atoms with Crippen molar-refractivity contribution < 1.29 is 32.2 Å². The molecule has 0 spiro atoms. The third-order valence-corrected chi connectivity index (χ3v) is 6.70. The molecule has 0 bridgehead atoms. The minimum Gasteiger partial charge on any atom is -0.496 e. The predicted octanol–water partition coefficient (Wildman–Crippen LogP) is 5.83. The highest BCUT2D eigenvalue weighted by Crippen LogP contribution is 2.40. The summed E-state index contributed by atoms with van der Waals surface area (Å²) in [6.07, 6.45) is -1.06. The minimum atomic E-state index is -4.46. The maximum absolute atomic E-state index is 13.2. The number of ether oxygens (including phenoxy) is 2. The van der Waals surface area contributed by atoms with E-state index in [0.29, 0.717) is 41.2 Å². The Morgan fingerprint density at radius 2 is 1.61 bits per heavy atom. The zero-order chi connectivity index (χ0) is 23.6. The first-order chi connectivity index (χ1) is 15.8. The largest absolute Gasteiger partial charge is 0.496 e. The van der Waals surface area contributed by atoms with E-state index in [9.17, 15) is 22.8 Å². The molecule has 0 N–H and O–H groups in total. The van der Waals surface area contributed by atoms with Gasteiger partial charge in [0.15, 0.2) is 0 Å². The first kappa shape index (κ1) is 23.5. The molecule has 7 heteroatoms. The molecule has 4 nitrogen and oxygen atoms in total. The molecular weight excluding hydrogens is 433 g/mol. The highest BCUT2D eigenvalue weighted by atomic mass is 19.4. The van der Waals surface area contributed by atoms with Crippen molar-refractivity contribution in [2.75, 3.05) is 20.3 Å². The molecule has 2 fully saturated rings. The van der Waals surface area contributed by atoms with Gasteiger partial charge in [0, 0.05) is 31.6 Å². The lowest BCUT2D eigenvalue weighted by Gasteiger charge is -2.31. The van der Waals surface area contributed by atoms with Gasteiger partial charge >= 0.3 is 6.18 Å². The molecule has 2 aromatic rings. The molecule has 1 aliphatic carbocycles. The van der Waals surface area contributed by atoms with E-state index in [1.165, 1.54) is 13.2 Å². The van der Waals surface area contributed by atoms with Crippen molar-refractivity contribution in [3.05, 3.63) is 53.6 Å². The number of carbonyl (C=O) groups is 2. The molecule has 1 saturated heterocycles. The Morgan fingerprint density at radius 3 is 2.24 bits per heavy atom. The molecule has 0 amide bonds. The van der Waals surface area contributed by atoms with Gasteiger partial charge in [0.2, 0.25) is 0 Å². The summed E-state index contributed by atoms with van der Waals surface area (Å²) in [5, 5.41) is 0. The van der Waals surface area contributed by atoms with Gasteiger partial charge in [-0.15, -0.1) is 0 Å². The van der Waals surface area contributed by atoms with E-state index >= 15 is 0 Å². The topological polar surface area (TPSA) is 52.6 Å². The highest BCUT2D eigenvalue weighted by molar-refractivity contribution is 6.10. The van der Waals surface area contributed by atoms with E-state index in [2.05, 4.69) is 0 Å². The van der Waals surface area contributed by atoms with Crippen LogP contribution in [0.4, 0.5) is 13.2 Å². The van der Waals surface area contributed by atoms with Gasteiger partial charge in [-0.1, -0.05) is 18.2 Å². The smallest absolute Gasteiger partial charge is 0.416 e. The van der Waals surface area contributed by atoms with Gasteiger partial charge in [-0.3, -0.25) is 9.59 Å². The first-order valence-corrected chi connectivity index (χ1v) is 11.2. The molecule has 0 atom stereocenters. The standard InChI is InChI=1S/C26H27F3O4/c1-32-24-6-5-19(18-3-2-4-20(14-18)26(27,28)29)15-21(24)25-22(30)12-17(13-23(25)31)11-16-7-9-33-10-8-16/h2-6,14-17,25H,7-13H2,1H3. The average Bonchev–Trinajstić information content (AvgIpc) is 2.79. The van der Waals surface area contributed by atoms with Crippen molar-refractivity contribution >= 4 is 11.6 Å². The van der Waals surface area contributed by atoms with Crippen LogP contribution in [-0.2, 0) is 20.5 Å². The van der Waals surface area contributed by atoms with Crippen LogP contribution in [0.3, 0.4) is 0 Å². The van der Waals surface area contributed by atoms with Crippen molar-refractivity contribution in [3.8, 4) is 16.9 Å². The lowest BCUT2D eigenvalue weighted by molar-refractivity contribution is -0.137. The lowest BCUT2D eigenvalue weighted by Crippen LogP contribution is -2.33. The molecule has 176 valence electrons. The second kappa shape index (κ2) is 9.67. The monoisotopic (exact) mass is 460 g/mol. The van der Waals surface area contributed by atoms with E-state index in [1.807, 2.05) is 0 Å². The van der Waals surface area contributed by atoms with E-state index in [0.717, 1.165) is 44.6 Å². The van der Waals surface area contributed by atoms with E-state index < -0.39 is 17.7 Å². The number of hydrogen-bond donors (Lipinski definition) is 0. The number of alkyl halides is 3. The van der Waals surface area contributed by atoms with Crippen LogP contribution < -0.4 is 4.74 Å². The Hall–Kier alpha value is -2.67. The second-order valence-electron chi connectivity index (χ2n) is 8.97. The molecule has 1 aliphatic heterocycles. The van der Waals surface area contributed by atoms with E-state index in [1.54, 1.807) is 24.3 Å². The normalized spacial score (nSPS) is 22.4. The fourth-order valence-electron chi connectivity index (χ4n) is 5.04. The molecule has 1 heterocycles. The minimum absolute atomic E-state index is 0.0296. The van der Waals surface area contributed by atoms with Crippen LogP contribution in [0.5, 0.6) is 5.75 Å². The summed E-state index contributed by atoms with van der Waals surface area (Å²) in [6, 6.07) is 9.88. The summed E-state index contributed by atoms with van der Waals surface area (Å²) in [6.45, 7) is 1.45. The molecule has 0 aromatic heterocycles. The van der Waals surface area contributed by atoms with Gasteiger partial charge in [0.25, 0.3) is 0 Å². The van der Waals surface area contributed by atoms with Crippen LogP contribution in [0.25, 0.3) is 11.1 Å². The van der Waals surface area contributed by atoms with Crippen molar-refractivity contribution in [1.29, 1.82) is 0 Å². The fraction of sp³-hybridized carbons (Fsp3) is 0.462. The zero-order valence-corrected chi connectivity index (χ0v) is 18.5. The lowest BCUT2D eigenvalue weighted by atomic mass is 9.73. The van der Waals surface area contributed by atoms with Crippen LogP contribution in [0, 0.1) is 11.8 Å². The first-order valence-electron chi connectivity index (χ1n) is 11.2. The van der Waals surface area contributed by atoms with Crippen molar-refractivity contribution in [1.82, 2.24) is 0 Å². The number of hydrogen-bond acceptors (Lipinski definition) is 4. The van der Waals surface area contributed by atoms with Gasteiger partial charge in [-0.2, -0.15) is 13.2 Å². The van der Waals surface area contributed by atoms with Crippen molar-refractivity contribution in [2.24, 2.45) is 11.8 Å². The zero-order valence-electron chi connectivity index (χ0n) is 18.5. The molecule has 1 saturated carbocycles. The highest BCUT2D eigenvalue weighted by Gasteiger charge is 2.39. The fourth-order valence-corrected chi connectivity index (χ4v) is 5.04. The SMILES string of the molecule is COc1ccc(-c2cccc(C(F)(F)F)c2)cc1C1C(=O)CC(CC2CCOCC2)CC1=O. The van der Waals surface area contributed by atoms with Crippen molar-refractivity contribution in [3.63, 3.8) is 0 Å². The molecule has 0 unspecified atom stereocenters. The Balaban J connectivity index is 1.59. The third-order valence-electron chi connectivity index (χ3n) is 6.70. The quantitative estimate of drug-likeness (QED) is 0.527. The summed E-state index contributed by atoms with van der Waals surface area (Å²) in [5.74, 6) is -0.357. The number of carbonyl (C=O) groups excluding carboxylic acids is 2. The predicted molar refractivity (Wildman–Crippen MR) is 117 cm³/mol. The van der Waals surface area contributed by atoms with Crippen molar-refractivity contribution in [2.45, 2.75) is 44.2 Å². The number of benzene rings is 2. The van der Waals surface area contributed by atoms with Crippen LogP contribution in [0.1, 0.15) is 49.1 Å².